The van der Waals surface area contributed by atoms with Gasteiger partial charge in [-0.25, -0.2) is 0 Å². The molecule has 0 bridgehead atoms. The van der Waals surface area contributed by atoms with Gasteiger partial charge in [-0.05, 0) is 36.9 Å². The minimum Gasteiger partial charge on any atom is -0.365 e. The van der Waals surface area contributed by atoms with Crippen LogP contribution in [-0.2, 0) is 0 Å². The van der Waals surface area contributed by atoms with Gasteiger partial charge < -0.3 is 5.73 Å². The lowest BCUT2D eigenvalue weighted by atomic mass is 10.4. The van der Waals surface area contributed by atoms with Gasteiger partial charge in [-0.15, -0.1) is 10.2 Å². The quantitative estimate of drug-likeness (QED) is 0.811. The maximum Gasteiger partial charge on any atom is 0.262 e. The van der Waals surface area contributed by atoms with Crippen LogP contribution in [0.2, 0.25) is 0 Å². The maximum absolute atomic E-state index is 10.4. The third-order valence-electron chi connectivity index (χ3n) is 1.63. The number of carbonyl (C=O) groups is 1. The van der Waals surface area contributed by atoms with Crippen LogP contribution in [0.4, 0.5) is 0 Å². The van der Waals surface area contributed by atoms with E-state index in [1.165, 1.54) is 0 Å². The fourth-order valence-electron chi connectivity index (χ4n) is 0.792. The highest BCUT2D eigenvalue weighted by Crippen LogP contribution is 2.06. The Labute approximate surface area is 105 Å². The number of aromatic nitrogens is 4. The van der Waals surface area contributed by atoms with E-state index in [1.54, 1.807) is 13.8 Å². The summed E-state index contributed by atoms with van der Waals surface area (Å²) in [6.45, 7) is 3.46. The lowest BCUT2D eigenvalue weighted by Gasteiger charge is -1.83. The van der Waals surface area contributed by atoms with Crippen molar-refractivity contribution in [3.8, 4) is 6.07 Å². The van der Waals surface area contributed by atoms with Crippen LogP contribution in [-0.4, -0.2) is 25.1 Å². The highest BCUT2D eigenvalue weighted by molar-refractivity contribution is 7.08. The molecule has 0 atom stereocenters. The van der Waals surface area contributed by atoms with Crippen molar-refractivity contribution in [3.63, 3.8) is 0 Å². The number of aryl methyl sites for hydroxylation is 2. The molecule has 17 heavy (non-hydrogen) atoms. The Morgan fingerprint density at radius 3 is 2.06 bits per heavy atom. The molecular formula is C8H8N6OS2. The number of rotatable bonds is 1. The fraction of sp³-hybridized carbons (Fsp3) is 0.250. The van der Waals surface area contributed by atoms with Gasteiger partial charge in [-0.1, -0.05) is 8.98 Å². The molecule has 0 aromatic carbocycles. The van der Waals surface area contributed by atoms with Crippen molar-refractivity contribution in [3.05, 3.63) is 21.1 Å². The van der Waals surface area contributed by atoms with Gasteiger partial charge >= 0.3 is 0 Å². The smallest absolute Gasteiger partial charge is 0.262 e. The van der Waals surface area contributed by atoms with Crippen LogP contribution in [0.25, 0.3) is 0 Å². The molecule has 88 valence electrons. The molecule has 0 aliphatic rings. The number of nitriles is 1. The number of nitrogens with zero attached hydrogens (tertiary/aromatic N) is 5. The number of carbonyl (C=O) groups excluding carboxylic acids is 1. The summed E-state index contributed by atoms with van der Waals surface area (Å²) in [5.41, 5.74) is 6.27. The zero-order valence-electron chi connectivity index (χ0n) is 9.04. The molecule has 0 radical (unpaired) electrons. The van der Waals surface area contributed by atoms with Gasteiger partial charge in [0, 0.05) is 0 Å². The molecule has 2 aromatic heterocycles. The molecule has 2 N–H and O–H groups in total. The first-order valence-electron chi connectivity index (χ1n) is 4.34. The molecule has 0 aliphatic carbocycles. The summed E-state index contributed by atoms with van der Waals surface area (Å²) in [7, 11) is 0. The molecule has 2 rings (SSSR count). The zero-order valence-corrected chi connectivity index (χ0v) is 10.7. The Hall–Kier alpha value is -1.92. The van der Waals surface area contributed by atoms with Gasteiger partial charge in [0.25, 0.3) is 5.91 Å². The summed E-state index contributed by atoms with van der Waals surface area (Å²) in [4.78, 5) is 11.5. The molecule has 0 saturated carbocycles. The Bertz CT molecular complexity index is 554. The van der Waals surface area contributed by atoms with Gasteiger partial charge in [-0.3, -0.25) is 4.79 Å². The molecule has 0 saturated heterocycles. The molecule has 0 aliphatic heterocycles. The van der Waals surface area contributed by atoms with Crippen LogP contribution in [0.5, 0.6) is 0 Å². The number of hydrogen-bond acceptors (Lipinski definition) is 8. The lowest BCUT2D eigenvalue weighted by molar-refractivity contribution is 0.100. The van der Waals surface area contributed by atoms with Gasteiger partial charge in [-0.2, -0.15) is 5.26 Å². The summed E-state index contributed by atoms with van der Waals surface area (Å²) in [6.07, 6.45) is 0. The summed E-state index contributed by atoms with van der Waals surface area (Å²) in [5, 5.41) is 15.5. The van der Waals surface area contributed by atoms with Crippen molar-refractivity contribution in [1.29, 1.82) is 5.26 Å². The Kier molecular flexibility index (Phi) is 4.62. The number of hydrogen-bond donors (Lipinski definition) is 1. The standard InChI is InChI=1S/C4H5N3OS.C4H3N3S/c1-2-3(4(5)8)9-7-6-2;1-3-4(2-5)8-7-6-3/h1H3,(H2,5,8);1H3. The van der Waals surface area contributed by atoms with Crippen LogP contribution in [0, 0.1) is 25.2 Å². The van der Waals surface area contributed by atoms with Crippen LogP contribution in [0.15, 0.2) is 0 Å². The highest BCUT2D eigenvalue weighted by Gasteiger charge is 2.07. The van der Waals surface area contributed by atoms with Crippen molar-refractivity contribution in [2.45, 2.75) is 13.8 Å². The van der Waals surface area contributed by atoms with Crippen molar-refractivity contribution >= 4 is 29.0 Å². The van der Waals surface area contributed by atoms with Crippen molar-refractivity contribution in [2.75, 3.05) is 0 Å². The van der Waals surface area contributed by atoms with E-state index in [-0.39, 0.29) is 0 Å². The number of primary amides is 1. The first kappa shape index (κ1) is 13.1. The first-order valence-corrected chi connectivity index (χ1v) is 5.88. The topological polar surface area (TPSA) is 118 Å². The van der Waals surface area contributed by atoms with Gasteiger partial charge in [0.1, 0.15) is 15.8 Å². The predicted molar refractivity (Wildman–Crippen MR) is 62.5 cm³/mol. The Morgan fingerprint density at radius 2 is 1.82 bits per heavy atom. The molecule has 1 amide bonds. The molecule has 2 aromatic rings. The first-order chi connectivity index (χ1) is 8.06. The van der Waals surface area contributed by atoms with Crippen LogP contribution < -0.4 is 5.73 Å². The number of amides is 1. The molecular weight excluding hydrogens is 260 g/mol. The SMILES string of the molecule is Cc1nnsc1C#N.Cc1nnsc1C(N)=O. The largest absolute Gasteiger partial charge is 0.365 e. The average molecular weight is 268 g/mol. The van der Waals surface area contributed by atoms with Crippen LogP contribution >= 0.6 is 23.1 Å². The monoisotopic (exact) mass is 268 g/mol. The van der Waals surface area contributed by atoms with E-state index in [4.69, 9.17) is 11.0 Å². The molecule has 0 fully saturated rings. The van der Waals surface area contributed by atoms with Crippen molar-refractivity contribution < 1.29 is 4.79 Å². The van der Waals surface area contributed by atoms with E-state index in [2.05, 4.69) is 19.2 Å². The van der Waals surface area contributed by atoms with E-state index in [0.29, 0.717) is 15.4 Å². The van der Waals surface area contributed by atoms with Gasteiger partial charge in [0.2, 0.25) is 0 Å². The van der Waals surface area contributed by atoms with Gasteiger partial charge in [0.05, 0.1) is 11.4 Å². The molecule has 0 spiro atoms. The van der Waals surface area contributed by atoms with Crippen LogP contribution in [0.3, 0.4) is 0 Å². The van der Waals surface area contributed by atoms with E-state index in [1.807, 2.05) is 6.07 Å². The lowest BCUT2D eigenvalue weighted by Crippen LogP contribution is -2.09. The Balaban J connectivity index is 0.000000171. The molecule has 0 unspecified atom stereocenters. The van der Waals surface area contributed by atoms with E-state index in [0.717, 1.165) is 28.8 Å². The normalized spacial score (nSPS) is 9.00. The summed E-state index contributed by atoms with van der Waals surface area (Å²) in [6, 6.07) is 1.97. The second kappa shape index (κ2) is 5.97. The minimum absolute atomic E-state index is 0.440. The summed E-state index contributed by atoms with van der Waals surface area (Å²) >= 11 is 2.15. The molecule has 9 heteroatoms. The van der Waals surface area contributed by atoms with Crippen LogP contribution in [0.1, 0.15) is 25.9 Å². The molecule has 7 nitrogen and oxygen atoms in total. The Morgan fingerprint density at radius 1 is 1.24 bits per heavy atom. The summed E-state index contributed by atoms with van der Waals surface area (Å²) < 4.78 is 7.10. The fourth-order valence-corrected chi connectivity index (χ4v) is 1.76. The minimum atomic E-state index is -0.456. The predicted octanol–water partition coefficient (Wildman–Crippen LogP) is 0.664. The van der Waals surface area contributed by atoms with Gasteiger partial charge in [0.15, 0.2) is 0 Å². The third kappa shape index (κ3) is 3.54. The average Bonchev–Trinajstić information content (AvgIpc) is 2.87. The van der Waals surface area contributed by atoms with E-state index in [9.17, 15) is 4.79 Å². The zero-order chi connectivity index (χ0) is 12.8. The second-order valence-corrected chi connectivity index (χ2v) is 4.36. The molecule has 2 heterocycles. The maximum atomic E-state index is 10.4. The number of nitrogens with two attached hydrogens (primary N) is 1. The highest BCUT2D eigenvalue weighted by atomic mass is 32.1. The second-order valence-electron chi connectivity index (χ2n) is 2.85. The van der Waals surface area contributed by atoms with E-state index >= 15 is 0 Å². The summed E-state index contributed by atoms with van der Waals surface area (Å²) in [5.74, 6) is -0.456. The van der Waals surface area contributed by atoms with Crippen molar-refractivity contribution in [1.82, 2.24) is 19.2 Å². The van der Waals surface area contributed by atoms with Crippen molar-refractivity contribution in [2.24, 2.45) is 5.73 Å². The third-order valence-corrected chi connectivity index (χ3v) is 3.20. The van der Waals surface area contributed by atoms with E-state index < -0.39 is 5.91 Å².